The largest absolute Gasteiger partial charge is 0.469 e. The van der Waals surface area contributed by atoms with E-state index in [1.165, 1.54) is 7.11 Å². The molecule has 1 aliphatic heterocycles. The Morgan fingerprint density at radius 2 is 2.35 bits per heavy atom. The molecule has 0 aromatic heterocycles. The van der Waals surface area contributed by atoms with E-state index >= 15 is 0 Å². The molecule has 1 fully saturated rings. The SMILES string of the molecule is CCN(CCC(=O)OC)CC1CN(C)CCO1. The molecule has 0 saturated carbocycles. The van der Waals surface area contributed by atoms with Crippen LogP contribution in [-0.2, 0) is 14.3 Å². The summed E-state index contributed by atoms with van der Waals surface area (Å²) in [6.07, 6.45) is 0.707. The van der Waals surface area contributed by atoms with Crippen molar-refractivity contribution in [2.24, 2.45) is 0 Å². The molecule has 0 aliphatic carbocycles. The third kappa shape index (κ3) is 5.48. The van der Waals surface area contributed by atoms with Gasteiger partial charge in [0.05, 0.1) is 26.2 Å². The van der Waals surface area contributed by atoms with E-state index in [0.29, 0.717) is 6.42 Å². The summed E-state index contributed by atoms with van der Waals surface area (Å²) >= 11 is 0. The molecule has 1 unspecified atom stereocenters. The highest BCUT2D eigenvalue weighted by atomic mass is 16.5. The molecule has 17 heavy (non-hydrogen) atoms. The van der Waals surface area contributed by atoms with Crippen LogP contribution in [0.1, 0.15) is 13.3 Å². The van der Waals surface area contributed by atoms with Gasteiger partial charge in [-0.1, -0.05) is 6.92 Å². The summed E-state index contributed by atoms with van der Waals surface area (Å²) in [6.45, 7) is 7.43. The van der Waals surface area contributed by atoms with Gasteiger partial charge in [-0.25, -0.2) is 0 Å². The Kier molecular flexibility index (Phi) is 6.47. The lowest BCUT2D eigenvalue weighted by Gasteiger charge is -2.33. The van der Waals surface area contributed by atoms with Gasteiger partial charge in [-0.15, -0.1) is 0 Å². The molecule has 5 heteroatoms. The van der Waals surface area contributed by atoms with Crippen molar-refractivity contribution < 1.29 is 14.3 Å². The van der Waals surface area contributed by atoms with Crippen molar-refractivity contribution in [2.75, 3.05) is 53.5 Å². The Hall–Kier alpha value is -0.650. The molecule has 0 spiro atoms. The van der Waals surface area contributed by atoms with Gasteiger partial charge in [0.1, 0.15) is 0 Å². The van der Waals surface area contributed by atoms with Gasteiger partial charge in [-0.05, 0) is 13.6 Å². The van der Waals surface area contributed by atoms with Gasteiger partial charge in [0.15, 0.2) is 0 Å². The molecule has 1 saturated heterocycles. The van der Waals surface area contributed by atoms with Crippen molar-refractivity contribution in [1.82, 2.24) is 9.80 Å². The summed E-state index contributed by atoms with van der Waals surface area (Å²) in [4.78, 5) is 15.6. The van der Waals surface area contributed by atoms with Crippen molar-refractivity contribution in [1.29, 1.82) is 0 Å². The zero-order valence-corrected chi connectivity index (χ0v) is 11.1. The average Bonchev–Trinajstić information content (AvgIpc) is 2.34. The van der Waals surface area contributed by atoms with Crippen LogP contribution in [0.4, 0.5) is 0 Å². The van der Waals surface area contributed by atoms with Gasteiger partial charge in [0, 0.05) is 26.2 Å². The second-order valence-electron chi connectivity index (χ2n) is 4.47. The minimum Gasteiger partial charge on any atom is -0.469 e. The lowest BCUT2D eigenvalue weighted by atomic mass is 10.2. The summed E-state index contributed by atoms with van der Waals surface area (Å²) in [6, 6.07) is 0. The maximum atomic E-state index is 11.1. The van der Waals surface area contributed by atoms with Gasteiger partial charge in [-0.3, -0.25) is 4.79 Å². The third-order valence-corrected chi connectivity index (χ3v) is 3.11. The Morgan fingerprint density at radius 1 is 1.59 bits per heavy atom. The average molecular weight is 244 g/mol. The summed E-state index contributed by atoms with van der Waals surface area (Å²) in [5, 5.41) is 0. The fourth-order valence-corrected chi connectivity index (χ4v) is 2.00. The zero-order valence-electron chi connectivity index (χ0n) is 11.1. The number of hydrogen-bond donors (Lipinski definition) is 0. The molecule has 0 aromatic rings. The first-order chi connectivity index (χ1) is 8.15. The standard InChI is InChI=1S/C12H24N2O3/c1-4-14(6-5-12(15)16-3)10-11-9-13(2)7-8-17-11/h11H,4-10H2,1-3H3. The van der Waals surface area contributed by atoms with E-state index in [0.717, 1.165) is 39.3 Å². The number of likely N-dealkylation sites (N-methyl/N-ethyl adjacent to an activating group) is 2. The molecule has 1 aliphatic rings. The van der Waals surface area contributed by atoms with E-state index in [9.17, 15) is 4.79 Å². The number of esters is 1. The van der Waals surface area contributed by atoms with E-state index < -0.39 is 0 Å². The number of morpholine rings is 1. The molecule has 0 aromatic carbocycles. The highest BCUT2D eigenvalue weighted by Crippen LogP contribution is 2.06. The van der Waals surface area contributed by atoms with Crippen molar-refractivity contribution in [2.45, 2.75) is 19.4 Å². The fraction of sp³-hybridized carbons (Fsp3) is 0.917. The fourth-order valence-electron chi connectivity index (χ4n) is 2.00. The molecule has 0 radical (unpaired) electrons. The molecule has 0 amide bonds. The van der Waals surface area contributed by atoms with Crippen molar-refractivity contribution in [3.63, 3.8) is 0 Å². The summed E-state index contributed by atoms with van der Waals surface area (Å²) in [5.41, 5.74) is 0. The van der Waals surface area contributed by atoms with Crippen LogP contribution in [-0.4, -0.2) is 75.4 Å². The Bertz CT molecular complexity index is 236. The van der Waals surface area contributed by atoms with E-state index in [-0.39, 0.29) is 12.1 Å². The molecule has 5 nitrogen and oxygen atoms in total. The van der Waals surface area contributed by atoms with Gasteiger partial charge >= 0.3 is 5.97 Å². The maximum Gasteiger partial charge on any atom is 0.306 e. The van der Waals surface area contributed by atoms with Crippen LogP contribution in [0.15, 0.2) is 0 Å². The van der Waals surface area contributed by atoms with E-state index in [1.54, 1.807) is 0 Å². The minimum absolute atomic E-state index is 0.148. The normalized spacial score (nSPS) is 21.8. The Balaban J connectivity index is 2.27. The van der Waals surface area contributed by atoms with Crippen LogP contribution in [0.5, 0.6) is 0 Å². The number of rotatable bonds is 6. The van der Waals surface area contributed by atoms with Crippen LogP contribution in [0, 0.1) is 0 Å². The van der Waals surface area contributed by atoms with E-state index in [2.05, 4.69) is 28.5 Å². The van der Waals surface area contributed by atoms with Gasteiger partial charge in [-0.2, -0.15) is 0 Å². The molecular formula is C12H24N2O3. The monoisotopic (exact) mass is 244 g/mol. The number of carbonyl (C=O) groups excluding carboxylic acids is 1. The molecular weight excluding hydrogens is 220 g/mol. The molecule has 1 rings (SSSR count). The Labute approximate surface area is 104 Å². The quantitative estimate of drug-likeness (QED) is 0.625. The van der Waals surface area contributed by atoms with Crippen LogP contribution < -0.4 is 0 Å². The molecule has 0 bridgehead atoms. The first kappa shape index (κ1) is 14.4. The van der Waals surface area contributed by atoms with E-state index in [4.69, 9.17) is 4.74 Å². The third-order valence-electron chi connectivity index (χ3n) is 3.11. The lowest BCUT2D eigenvalue weighted by Crippen LogP contribution is -2.46. The molecule has 0 N–H and O–H groups in total. The lowest BCUT2D eigenvalue weighted by molar-refractivity contribution is -0.141. The van der Waals surface area contributed by atoms with Crippen LogP contribution in [0.25, 0.3) is 0 Å². The smallest absolute Gasteiger partial charge is 0.306 e. The first-order valence-electron chi connectivity index (χ1n) is 6.25. The van der Waals surface area contributed by atoms with Crippen molar-refractivity contribution >= 4 is 5.97 Å². The second kappa shape index (κ2) is 7.63. The summed E-state index contributed by atoms with van der Waals surface area (Å²) < 4.78 is 10.4. The number of hydrogen-bond acceptors (Lipinski definition) is 5. The molecule has 100 valence electrons. The van der Waals surface area contributed by atoms with Gasteiger partial charge in [0.2, 0.25) is 0 Å². The number of carbonyl (C=O) groups is 1. The van der Waals surface area contributed by atoms with Crippen LogP contribution in [0.2, 0.25) is 0 Å². The van der Waals surface area contributed by atoms with Crippen molar-refractivity contribution in [3.05, 3.63) is 0 Å². The predicted octanol–water partition coefficient (Wildman–Crippen LogP) is 0.202. The van der Waals surface area contributed by atoms with Crippen LogP contribution in [0.3, 0.4) is 0 Å². The summed E-state index contributed by atoms with van der Waals surface area (Å²) in [7, 11) is 3.54. The number of methoxy groups -OCH3 is 1. The van der Waals surface area contributed by atoms with Crippen molar-refractivity contribution in [3.8, 4) is 0 Å². The van der Waals surface area contributed by atoms with Gasteiger partial charge < -0.3 is 19.3 Å². The molecule has 1 atom stereocenters. The molecule has 1 heterocycles. The maximum absolute atomic E-state index is 11.1. The highest BCUT2D eigenvalue weighted by molar-refractivity contribution is 5.69. The van der Waals surface area contributed by atoms with Gasteiger partial charge in [0.25, 0.3) is 0 Å². The first-order valence-corrected chi connectivity index (χ1v) is 6.25. The summed E-state index contributed by atoms with van der Waals surface area (Å²) in [5.74, 6) is -0.148. The zero-order chi connectivity index (χ0) is 12.7. The highest BCUT2D eigenvalue weighted by Gasteiger charge is 2.20. The second-order valence-corrected chi connectivity index (χ2v) is 4.47. The van der Waals surface area contributed by atoms with E-state index in [1.807, 2.05) is 0 Å². The van der Waals surface area contributed by atoms with Crippen LogP contribution >= 0.6 is 0 Å². The minimum atomic E-state index is -0.148. The topological polar surface area (TPSA) is 42.0 Å². The predicted molar refractivity (Wildman–Crippen MR) is 66.0 cm³/mol. The Morgan fingerprint density at radius 3 is 2.94 bits per heavy atom. The number of nitrogens with zero attached hydrogens (tertiary/aromatic N) is 2. The number of ether oxygens (including phenoxy) is 2.